The van der Waals surface area contributed by atoms with Gasteiger partial charge in [-0.2, -0.15) is 5.10 Å². The predicted octanol–water partition coefficient (Wildman–Crippen LogP) is 2.11. The van der Waals surface area contributed by atoms with E-state index < -0.39 is 0 Å². The summed E-state index contributed by atoms with van der Waals surface area (Å²) >= 11 is 0. The van der Waals surface area contributed by atoms with Gasteiger partial charge >= 0.3 is 0 Å². The van der Waals surface area contributed by atoms with Gasteiger partial charge in [-0.25, -0.2) is 0 Å². The number of benzene rings is 1. The molecule has 1 aromatic heterocycles. The summed E-state index contributed by atoms with van der Waals surface area (Å²) in [7, 11) is 1.90. The van der Waals surface area contributed by atoms with Gasteiger partial charge < -0.3 is 15.1 Å². The maximum absolute atomic E-state index is 10.8. The number of hydrogen-bond donors (Lipinski definition) is 1. The number of nitrogens with zero attached hydrogens (tertiary/aromatic N) is 5. The predicted molar refractivity (Wildman–Crippen MR) is 110 cm³/mol. The summed E-state index contributed by atoms with van der Waals surface area (Å²) in [5, 5.41) is 18.9. The molecule has 152 valence electrons. The Labute approximate surface area is 166 Å². The number of nitro benzene ring substituents is 1. The summed E-state index contributed by atoms with van der Waals surface area (Å²) in [5.74, 6) is 0. The second-order valence-electron chi connectivity index (χ2n) is 7.29. The van der Waals surface area contributed by atoms with Gasteiger partial charge in [0.05, 0.1) is 10.6 Å². The Kier molecular flexibility index (Phi) is 7.13. The van der Waals surface area contributed by atoms with Gasteiger partial charge in [0.25, 0.3) is 5.69 Å². The molecule has 1 saturated heterocycles. The molecule has 1 N–H and O–H groups in total. The van der Waals surface area contributed by atoms with E-state index in [-0.39, 0.29) is 10.6 Å². The van der Waals surface area contributed by atoms with Crippen LogP contribution in [0.15, 0.2) is 30.5 Å². The van der Waals surface area contributed by atoms with Gasteiger partial charge in [-0.1, -0.05) is 6.92 Å². The van der Waals surface area contributed by atoms with Crippen LogP contribution in [0.2, 0.25) is 0 Å². The first kappa shape index (κ1) is 20.4. The second kappa shape index (κ2) is 9.77. The van der Waals surface area contributed by atoms with Crippen LogP contribution in [0.25, 0.3) is 11.3 Å². The van der Waals surface area contributed by atoms with Gasteiger partial charge in [0.1, 0.15) is 0 Å². The number of aromatic nitrogens is 2. The van der Waals surface area contributed by atoms with Crippen molar-refractivity contribution in [2.45, 2.75) is 19.9 Å². The van der Waals surface area contributed by atoms with Crippen molar-refractivity contribution in [2.24, 2.45) is 7.05 Å². The Morgan fingerprint density at radius 3 is 2.46 bits per heavy atom. The molecule has 0 atom stereocenters. The van der Waals surface area contributed by atoms with Crippen LogP contribution in [0.4, 0.5) is 5.69 Å². The minimum Gasteiger partial charge on any atom is -0.312 e. The van der Waals surface area contributed by atoms with Crippen molar-refractivity contribution in [3.05, 3.63) is 46.1 Å². The van der Waals surface area contributed by atoms with Crippen LogP contribution in [0.5, 0.6) is 0 Å². The maximum Gasteiger partial charge on any atom is 0.269 e. The van der Waals surface area contributed by atoms with Crippen molar-refractivity contribution < 1.29 is 4.92 Å². The van der Waals surface area contributed by atoms with Gasteiger partial charge in [-0.3, -0.25) is 14.8 Å². The molecule has 1 fully saturated rings. The number of nitrogens with one attached hydrogen (secondary N) is 1. The van der Waals surface area contributed by atoms with E-state index in [1.165, 1.54) is 38.3 Å². The average Bonchev–Trinajstić information content (AvgIpc) is 3.08. The minimum atomic E-state index is -0.382. The van der Waals surface area contributed by atoms with Gasteiger partial charge in [0.2, 0.25) is 0 Å². The molecule has 1 aromatic carbocycles. The average molecular weight is 387 g/mol. The number of hydrogen-bond acceptors (Lipinski definition) is 6. The smallest absolute Gasteiger partial charge is 0.269 e. The van der Waals surface area contributed by atoms with Crippen LogP contribution >= 0.6 is 0 Å². The molecule has 0 amide bonds. The minimum absolute atomic E-state index is 0.0964. The Bertz CT molecular complexity index is 766. The first-order valence-corrected chi connectivity index (χ1v) is 9.99. The number of non-ortho nitro benzene ring substituents is 1. The molecule has 0 spiro atoms. The normalized spacial score (nSPS) is 15.8. The van der Waals surface area contributed by atoms with Crippen LogP contribution in [0, 0.1) is 10.1 Å². The highest BCUT2D eigenvalue weighted by molar-refractivity contribution is 5.64. The molecular formula is C20H30N6O2. The molecule has 8 heteroatoms. The van der Waals surface area contributed by atoms with Crippen LogP contribution in [0.3, 0.4) is 0 Å². The largest absolute Gasteiger partial charge is 0.312 e. The molecule has 28 heavy (non-hydrogen) atoms. The van der Waals surface area contributed by atoms with E-state index in [9.17, 15) is 10.1 Å². The lowest BCUT2D eigenvalue weighted by atomic mass is 10.1. The number of nitro groups is 1. The highest BCUT2D eigenvalue weighted by Crippen LogP contribution is 2.24. The highest BCUT2D eigenvalue weighted by atomic mass is 16.6. The summed E-state index contributed by atoms with van der Waals surface area (Å²) in [4.78, 5) is 15.5. The highest BCUT2D eigenvalue weighted by Gasteiger charge is 2.15. The van der Waals surface area contributed by atoms with E-state index in [0.717, 1.165) is 49.4 Å². The number of aryl methyl sites for hydroxylation is 1. The third-order valence-electron chi connectivity index (χ3n) is 5.31. The fraction of sp³-hybridized carbons (Fsp3) is 0.550. The summed E-state index contributed by atoms with van der Waals surface area (Å²) in [6, 6.07) is 6.58. The fourth-order valence-electron chi connectivity index (χ4n) is 3.63. The molecule has 0 aliphatic carbocycles. The number of likely N-dealkylation sites (N-methyl/N-ethyl adjacent to an activating group) is 1. The fourth-order valence-corrected chi connectivity index (χ4v) is 3.63. The van der Waals surface area contributed by atoms with Gasteiger partial charge in [0.15, 0.2) is 0 Å². The molecule has 2 aromatic rings. The SMILES string of the molecule is CCN1CCN(CCCNCc2cn(C)nc2-c2ccc([N+](=O)[O-])cc2)CC1. The lowest BCUT2D eigenvalue weighted by molar-refractivity contribution is -0.384. The summed E-state index contributed by atoms with van der Waals surface area (Å²) in [6.07, 6.45) is 3.13. The molecule has 1 aliphatic rings. The standard InChI is InChI=1S/C20H30N6O2/c1-3-24-11-13-25(14-12-24)10-4-9-21-15-18-16-23(2)22-20(18)17-5-7-19(8-6-17)26(27)28/h5-8,16,21H,3-4,9-15H2,1-2H3. The van der Waals surface area contributed by atoms with Gasteiger partial charge in [-0.05, 0) is 38.2 Å². The maximum atomic E-state index is 10.8. The number of piperazine rings is 1. The Morgan fingerprint density at radius 2 is 1.82 bits per heavy atom. The van der Waals surface area contributed by atoms with E-state index in [4.69, 9.17) is 0 Å². The van der Waals surface area contributed by atoms with Crippen LogP contribution in [-0.2, 0) is 13.6 Å². The molecule has 8 nitrogen and oxygen atoms in total. The summed E-state index contributed by atoms with van der Waals surface area (Å²) in [6.45, 7) is 10.9. The van der Waals surface area contributed by atoms with Crippen molar-refractivity contribution in [3.8, 4) is 11.3 Å². The summed E-state index contributed by atoms with van der Waals surface area (Å²) < 4.78 is 1.79. The van der Waals surface area contributed by atoms with Crippen molar-refractivity contribution in [1.29, 1.82) is 0 Å². The zero-order chi connectivity index (χ0) is 19.9. The number of rotatable bonds is 9. The van der Waals surface area contributed by atoms with Crippen molar-refractivity contribution in [3.63, 3.8) is 0 Å². The molecule has 0 unspecified atom stereocenters. The quantitative estimate of drug-likeness (QED) is 0.404. The van der Waals surface area contributed by atoms with Gasteiger partial charge in [0, 0.05) is 69.2 Å². The zero-order valence-electron chi connectivity index (χ0n) is 16.8. The molecule has 2 heterocycles. The van der Waals surface area contributed by atoms with E-state index in [0.29, 0.717) is 0 Å². The molecular weight excluding hydrogens is 356 g/mol. The molecule has 1 aliphatic heterocycles. The third kappa shape index (κ3) is 5.37. The van der Waals surface area contributed by atoms with Crippen molar-refractivity contribution in [1.82, 2.24) is 24.9 Å². The molecule has 0 bridgehead atoms. The van der Waals surface area contributed by atoms with E-state index >= 15 is 0 Å². The summed E-state index contributed by atoms with van der Waals surface area (Å²) in [5.41, 5.74) is 2.98. The third-order valence-corrected chi connectivity index (χ3v) is 5.31. The van der Waals surface area contributed by atoms with Crippen LogP contribution in [-0.4, -0.2) is 70.3 Å². The van der Waals surface area contributed by atoms with Crippen LogP contribution < -0.4 is 5.32 Å². The molecule has 0 radical (unpaired) electrons. The first-order chi connectivity index (χ1) is 13.6. The second-order valence-corrected chi connectivity index (χ2v) is 7.29. The molecule has 3 rings (SSSR count). The molecule has 0 saturated carbocycles. The monoisotopic (exact) mass is 386 g/mol. The topological polar surface area (TPSA) is 79.5 Å². The van der Waals surface area contributed by atoms with Crippen molar-refractivity contribution >= 4 is 5.69 Å². The first-order valence-electron chi connectivity index (χ1n) is 9.99. The van der Waals surface area contributed by atoms with E-state index in [2.05, 4.69) is 27.1 Å². The Hall–Kier alpha value is -2.29. The van der Waals surface area contributed by atoms with Crippen LogP contribution in [0.1, 0.15) is 18.9 Å². The van der Waals surface area contributed by atoms with E-state index in [1.807, 2.05) is 13.2 Å². The lowest BCUT2D eigenvalue weighted by Crippen LogP contribution is -2.46. The Morgan fingerprint density at radius 1 is 1.14 bits per heavy atom. The Balaban J connectivity index is 1.47. The zero-order valence-corrected chi connectivity index (χ0v) is 16.8. The van der Waals surface area contributed by atoms with E-state index in [1.54, 1.807) is 16.8 Å². The van der Waals surface area contributed by atoms with Gasteiger partial charge in [-0.15, -0.1) is 0 Å². The van der Waals surface area contributed by atoms with Crippen molar-refractivity contribution in [2.75, 3.05) is 45.8 Å². The lowest BCUT2D eigenvalue weighted by Gasteiger charge is -2.33.